The molecular weight excluding hydrogens is 448 g/mol. The van der Waals surface area contributed by atoms with Crippen molar-refractivity contribution in [2.75, 3.05) is 14.2 Å². The number of rotatable bonds is 5. The number of aliphatic imine (C=N–C) groups is 1. The third-order valence-corrected chi connectivity index (χ3v) is 6.94. The highest BCUT2D eigenvalue weighted by Gasteiger charge is 2.43. The van der Waals surface area contributed by atoms with Crippen LogP contribution >= 0.6 is 11.3 Å². The van der Waals surface area contributed by atoms with Gasteiger partial charge in [0.05, 0.1) is 25.5 Å². The number of allylic oxidation sites excluding steroid dienone is 1. The molecule has 0 radical (unpaired) electrons. The van der Waals surface area contributed by atoms with Crippen molar-refractivity contribution in [1.82, 2.24) is 4.98 Å². The summed E-state index contributed by atoms with van der Waals surface area (Å²) in [6.45, 7) is 5.60. The van der Waals surface area contributed by atoms with Crippen molar-refractivity contribution in [1.29, 1.82) is 0 Å². The summed E-state index contributed by atoms with van der Waals surface area (Å²) in [5.74, 6) is -2.32. The molecule has 1 aromatic heterocycles. The third kappa shape index (κ3) is 4.31. The average Bonchev–Trinajstić information content (AvgIpc) is 3.33. The Kier molecular flexibility index (Phi) is 6.75. The first kappa shape index (κ1) is 23.6. The zero-order chi connectivity index (χ0) is 24.4. The summed E-state index contributed by atoms with van der Waals surface area (Å²) in [4.78, 5) is 35.2. The fraction of sp³-hybridized carbons (Fsp3) is 0.259. The van der Waals surface area contributed by atoms with Gasteiger partial charge in [-0.2, -0.15) is 0 Å². The number of methoxy groups -OCH3 is 2. The van der Waals surface area contributed by atoms with Crippen LogP contribution in [-0.4, -0.2) is 36.9 Å². The number of carbonyl (C=O) groups excluding carboxylic acids is 2. The quantitative estimate of drug-likeness (QED) is 0.451. The van der Waals surface area contributed by atoms with Crippen LogP contribution in [-0.2, 0) is 19.1 Å². The van der Waals surface area contributed by atoms with Crippen molar-refractivity contribution < 1.29 is 19.1 Å². The molecule has 2 heterocycles. The molecule has 0 aliphatic carbocycles. The maximum atomic E-state index is 12.9. The van der Waals surface area contributed by atoms with Gasteiger partial charge in [-0.3, -0.25) is 9.79 Å². The predicted octanol–water partition coefficient (Wildman–Crippen LogP) is 5.58. The molecule has 2 aromatic carbocycles. The first-order chi connectivity index (χ1) is 16.3. The predicted molar refractivity (Wildman–Crippen MR) is 134 cm³/mol. The summed E-state index contributed by atoms with van der Waals surface area (Å²) in [5.41, 5.74) is 6.23. The van der Waals surface area contributed by atoms with Crippen molar-refractivity contribution in [2.45, 2.75) is 26.7 Å². The zero-order valence-corrected chi connectivity index (χ0v) is 20.6. The van der Waals surface area contributed by atoms with E-state index in [1.54, 1.807) is 13.8 Å². The van der Waals surface area contributed by atoms with Crippen LogP contribution in [0.25, 0.3) is 21.8 Å². The van der Waals surface area contributed by atoms with Crippen LogP contribution < -0.4 is 0 Å². The molecule has 0 saturated heterocycles. The summed E-state index contributed by atoms with van der Waals surface area (Å²) < 4.78 is 10.2. The van der Waals surface area contributed by atoms with Crippen LogP contribution in [0.3, 0.4) is 0 Å². The van der Waals surface area contributed by atoms with Crippen molar-refractivity contribution in [2.24, 2.45) is 10.9 Å². The summed E-state index contributed by atoms with van der Waals surface area (Å²) >= 11 is 1.52. The highest BCUT2D eigenvalue weighted by atomic mass is 32.1. The molecule has 0 amide bonds. The van der Waals surface area contributed by atoms with E-state index in [0.29, 0.717) is 17.0 Å². The molecule has 34 heavy (non-hydrogen) atoms. The largest absolute Gasteiger partial charge is 0.468 e. The van der Waals surface area contributed by atoms with Gasteiger partial charge in [0, 0.05) is 33.8 Å². The highest BCUT2D eigenvalue weighted by molar-refractivity contribution is 7.13. The second-order valence-electron chi connectivity index (χ2n) is 8.21. The van der Waals surface area contributed by atoms with Crippen molar-refractivity contribution in [3.63, 3.8) is 0 Å². The fourth-order valence-corrected chi connectivity index (χ4v) is 5.27. The molecule has 7 heteroatoms. The SMILES string of the molecule is COC(=O)C1=C(C)N=C(C)C(C(=O)OC)C1c1ccccc1-c1nc(-c2ccc(C)cc2)cs1. The minimum Gasteiger partial charge on any atom is -0.468 e. The average molecular weight is 475 g/mol. The van der Waals surface area contributed by atoms with Crippen molar-refractivity contribution in [3.05, 3.63) is 76.3 Å². The Morgan fingerprint density at radius 2 is 1.65 bits per heavy atom. The van der Waals surface area contributed by atoms with Gasteiger partial charge in [0.2, 0.25) is 0 Å². The number of nitrogens with zero attached hydrogens (tertiary/aromatic N) is 2. The summed E-state index contributed by atoms with van der Waals surface area (Å²) in [5, 5.41) is 2.82. The molecule has 6 nitrogen and oxygen atoms in total. The number of hydrogen-bond acceptors (Lipinski definition) is 7. The van der Waals surface area contributed by atoms with E-state index in [4.69, 9.17) is 14.5 Å². The maximum absolute atomic E-state index is 12.9. The number of esters is 2. The van der Waals surface area contributed by atoms with Crippen LogP contribution in [0.1, 0.15) is 30.9 Å². The number of ether oxygens (including phenoxy) is 2. The molecule has 174 valence electrons. The van der Waals surface area contributed by atoms with Crippen LogP contribution in [0, 0.1) is 12.8 Å². The van der Waals surface area contributed by atoms with Crippen molar-refractivity contribution in [3.8, 4) is 21.8 Å². The van der Waals surface area contributed by atoms with E-state index in [9.17, 15) is 9.59 Å². The zero-order valence-electron chi connectivity index (χ0n) is 19.8. The van der Waals surface area contributed by atoms with Gasteiger partial charge >= 0.3 is 11.9 Å². The number of benzene rings is 2. The van der Waals surface area contributed by atoms with E-state index < -0.39 is 23.8 Å². The van der Waals surface area contributed by atoms with Crippen LogP contribution in [0.5, 0.6) is 0 Å². The Morgan fingerprint density at radius 3 is 2.32 bits per heavy atom. The number of thiazole rings is 1. The van der Waals surface area contributed by atoms with E-state index in [-0.39, 0.29) is 0 Å². The molecule has 1 aliphatic heterocycles. The van der Waals surface area contributed by atoms with Gasteiger partial charge in [0.25, 0.3) is 0 Å². The van der Waals surface area contributed by atoms with E-state index >= 15 is 0 Å². The Hall–Kier alpha value is -3.58. The molecule has 0 saturated carbocycles. The van der Waals surface area contributed by atoms with E-state index in [1.165, 1.54) is 31.1 Å². The van der Waals surface area contributed by atoms with Crippen LogP contribution in [0.4, 0.5) is 0 Å². The Bertz CT molecular complexity index is 1300. The minimum absolute atomic E-state index is 0.353. The van der Waals surface area contributed by atoms with Gasteiger partial charge in [-0.25, -0.2) is 9.78 Å². The van der Waals surface area contributed by atoms with E-state index in [1.807, 2.05) is 36.6 Å². The number of hydrogen-bond donors (Lipinski definition) is 0. The normalized spacial score (nSPS) is 17.9. The Morgan fingerprint density at radius 1 is 0.941 bits per heavy atom. The maximum Gasteiger partial charge on any atom is 0.336 e. The second kappa shape index (κ2) is 9.73. The third-order valence-electron chi connectivity index (χ3n) is 6.07. The molecule has 0 fully saturated rings. The van der Waals surface area contributed by atoms with Gasteiger partial charge in [-0.15, -0.1) is 11.3 Å². The summed E-state index contributed by atoms with van der Waals surface area (Å²) in [7, 11) is 2.68. The molecule has 0 bridgehead atoms. The molecule has 3 aromatic rings. The lowest BCUT2D eigenvalue weighted by Gasteiger charge is -2.32. The molecule has 0 spiro atoms. The first-order valence-electron chi connectivity index (χ1n) is 10.9. The Labute approximate surface area is 203 Å². The van der Waals surface area contributed by atoms with Crippen molar-refractivity contribution >= 4 is 29.0 Å². The lowest BCUT2D eigenvalue weighted by molar-refractivity contribution is -0.143. The van der Waals surface area contributed by atoms with Crippen LogP contribution in [0.15, 0.2) is 70.2 Å². The van der Waals surface area contributed by atoms with E-state index in [0.717, 1.165) is 27.4 Å². The molecule has 4 rings (SSSR count). The first-order valence-corrected chi connectivity index (χ1v) is 11.8. The van der Waals surface area contributed by atoms with Gasteiger partial charge in [0.15, 0.2) is 0 Å². The lowest BCUT2D eigenvalue weighted by Crippen LogP contribution is -2.36. The second-order valence-corrected chi connectivity index (χ2v) is 9.07. The molecular formula is C27H26N2O4S. The summed E-state index contributed by atoms with van der Waals surface area (Å²) in [6, 6.07) is 15.9. The fourth-order valence-electron chi connectivity index (χ4n) is 4.40. The van der Waals surface area contributed by atoms with Gasteiger partial charge < -0.3 is 9.47 Å². The molecule has 2 atom stereocenters. The van der Waals surface area contributed by atoms with Gasteiger partial charge in [-0.05, 0) is 26.3 Å². The molecule has 1 aliphatic rings. The number of carbonyl (C=O) groups is 2. The molecule has 0 N–H and O–H groups in total. The summed E-state index contributed by atoms with van der Waals surface area (Å²) in [6.07, 6.45) is 0. The van der Waals surface area contributed by atoms with Gasteiger partial charge in [-0.1, -0.05) is 54.1 Å². The highest BCUT2D eigenvalue weighted by Crippen LogP contribution is 2.44. The topological polar surface area (TPSA) is 77.8 Å². The van der Waals surface area contributed by atoms with Crippen LogP contribution in [0.2, 0.25) is 0 Å². The Balaban J connectivity index is 1.87. The lowest BCUT2D eigenvalue weighted by atomic mass is 9.74. The van der Waals surface area contributed by atoms with E-state index in [2.05, 4.69) is 29.3 Å². The minimum atomic E-state index is -0.750. The van der Waals surface area contributed by atoms with Gasteiger partial charge in [0.1, 0.15) is 10.9 Å². The number of aryl methyl sites for hydroxylation is 1. The standard InChI is InChI=1S/C27H26N2O4S/c1-15-10-12-18(13-11-15)21-14-34-25(29-21)20-9-7-6-8-19(20)24-22(26(30)32-4)16(2)28-17(3)23(24)27(31)33-5/h6-14,22,24H,1-5H3. The monoisotopic (exact) mass is 474 g/mol. The number of aromatic nitrogens is 1. The molecule has 2 unspecified atom stereocenters. The smallest absolute Gasteiger partial charge is 0.336 e.